The zero-order valence-corrected chi connectivity index (χ0v) is 12.7. The lowest BCUT2D eigenvalue weighted by molar-refractivity contribution is 0.0194. The van der Waals surface area contributed by atoms with E-state index in [0.717, 1.165) is 57.8 Å². The molecule has 3 aliphatic rings. The van der Waals surface area contributed by atoms with Crippen LogP contribution in [-0.2, 0) is 4.74 Å². The quantitative estimate of drug-likeness (QED) is 0.612. The molecule has 1 N–H and O–H groups in total. The molecule has 0 bridgehead atoms. The fourth-order valence-electron chi connectivity index (χ4n) is 3.44. The number of rotatable bonds is 3. The summed E-state index contributed by atoms with van der Waals surface area (Å²) in [6.07, 6.45) is 5.44. The monoisotopic (exact) mass is 280 g/mol. The third-order valence-electron chi connectivity index (χ3n) is 5.01. The largest absolute Gasteiger partial charge is 0.379 e. The summed E-state index contributed by atoms with van der Waals surface area (Å²) in [5, 5.41) is 3.57. The van der Waals surface area contributed by atoms with Crippen molar-refractivity contribution in [3.05, 3.63) is 0 Å². The summed E-state index contributed by atoms with van der Waals surface area (Å²) < 4.78 is 5.45. The van der Waals surface area contributed by atoms with Gasteiger partial charge < -0.3 is 15.0 Å². The molecule has 1 atom stereocenters. The maximum absolute atomic E-state index is 5.45. The fraction of sp³-hybridized carbons (Fsp3) is 0.933. The Kier molecular flexibility index (Phi) is 4.78. The Hall–Kier alpha value is -0.810. The smallest absolute Gasteiger partial charge is 0.193 e. The van der Waals surface area contributed by atoms with Gasteiger partial charge in [-0.3, -0.25) is 9.89 Å². The lowest BCUT2D eigenvalue weighted by Gasteiger charge is -2.32. The van der Waals surface area contributed by atoms with E-state index < -0.39 is 0 Å². The van der Waals surface area contributed by atoms with Gasteiger partial charge in [-0.15, -0.1) is 0 Å². The second-order valence-corrected chi connectivity index (χ2v) is 6.26. The number of likely N-dealkylation sites (tertiary alicyclic amines) is 1. The molecule has 20 heavy (non-hydrogen) atoms. The standard InChI is InChI=1S/C15H28N4O/c1-16-15(17-11-13-3-2-4-13)19-6-5-14(12-19)18-7-9-20-10-8-18/h13-14H,2-12H2,1H3,(H,16,17). The van der Waals surface area contributed by atoms with E-state index in [-0.39, 0.29) is 0 Å². The highest BCUT2D eigenvalue weighted by molar-refractivity contribution is 5.80. The van der Waals surface area contributed by atoms with Gasteiger partial charge in [0.1, 0.15) is 0 Å². The Labute approximate surface area is 122 Å². The second kappa shape index (κ2) is 6.76. The van der Waals surface area contributed by atoms with Gasteiger partial charge in [0.05, 0.1) is 13.2 Å². The molecule has 2 heterocycles. The van der Waals surface area contributed by atoms with Gasteiger partial charge in [0, 0.05) is 45.8 Å². The van der Waals surface area contributed by atoms with Gasteiger partial charge in [0.15, 0.2) is 5.96 Å². The predicted molar refractivity (Wildman–Crippen MR) is 81.1 cm³/mol. The minimum atomic E-state index is 0.682. The number of hydrogen-bond donors (Lipinski definition) is 1. The van der Waals surface area contributed by atoms with Crippen LogP contribution in [0.2, 0.25) is 0 Å². The van der Waals surface area contributed by atoms with Crippen LogP contribution in [0.5, 0.6) is 0 Å². The lowest BCUT2D eigenvalue weighted by Crippen LogP contribution is -2.47. The molecule has 1 saturated carbocycles. The molecular formula is C15H28N4O. The van der Waals surface area contributed by atoms with Gasteiger partial charge in [0.2, 0.25) is 0 Å². The van der Waals surface area contributed by atoms with Crippen molar-refractivity contribution in [3.8, 4) is 0 Å². The van der Waals surface area contributed by atoms with E-state index >= 15 is 0 Å². The summed E-state index contributed by atoms with van der Waals surface area (Å²) in [5.74, 6) is 1.98. The molecule has 0 radical (unpaired) electrons. The van der Waals surface area contributed by atoms with Crippen LogP contribution in [-0.4, -0.2) is 74.8 Å². The van der Waals surface area contributed by atoms with E-state index in [2.05, 4.69) is 20.1 Å². The molecule has 0 aromatic carbocycles. The van der Waals surface area contributed by atoms with Crippen molar-refractivity contribution in [3.63, 3.8) is 0 Å². The number of nitrogens with one attached hydrogen (secondary N) is 1. The number of guanidine groups is 1. The third kappa shape index (κ3) is 3.26. The summed E-state index contributed by atoms with van der Waals surface area (Å²) in [6, 6.07) is 0.682. The van der Waals surface area contributed by atoms with Gasteiger partial charge in [-0.05, 0) is 25.2 Å². The van der Waals surface area contributed by atoms with Crippen LogP contribution >= 0.6 is 0 Å². The Balaban J connectivity index is 1.46. The molecule has 5 heteroatoms. The molecule has 3 fully saturated rings. The first-order valence-electron chi connectivity index (χ1n) is 8.14. The minimum Gasteiger partial charge on any atom is -0.379 e. The van der Waals surface area contributed by atoms with E-state index in [1.54, 1.807) is 0 Å². The van der Waals surface area contributed by atoms with E-state index in [9.17, 15) is 0 Å². The predicted octanol–water partition coefficient (Wildman–Crippen LogP) is 0.768. The minimum absolute atomic E-state index is 0.682. The van der Waals surface area contributed by atoms with E-state index in [1.165, 1.54) is 25.7 Å². The van der Waals surface area contributed by atoms with Crippen LogP contribution in [0.15, 0.2) is 4.99 Å². The van der Waals surface area contributed by atoms with Gasteiger partial charge in [-0.2, -0.15) is 0 Å². The molecular weight excluding hydrogens is 252 g/mol. The number of aliphatic imine (C=N–C) groups is 1. The molecule has 2 aliphatic heterocycles. The zero-order valence-electron chi connectivity index (χ0n) is 12.7. The number of nitrogens with zero attached hydrogens (tertiary/aromatic N) is 3. The highest BCUT2D eigenvalue weighted by Crippen LogP contribution is 2.25. The third-order valence-corrected chi connectivity index (χ3v) is 5.01. The molecule has 2 saturated heterocycles. The van der Waals surface area contributed by atoms with Crippen LogP contribution in [0, 0.1) is 5.92 Å². The molecule has 5 nitrogen and oxygen atoms in total. The van der Waals surface area contributed by atoms with Gasteiger partial charge in [0.25, 0.3) is 0 Å². The first kappa shape index (κ1) is 14.1. The normalized spacial score (nSPS) is 29.6. The summed E-state index contributed by atoms with van der Waals surface area (Å²) in [7, 11) is 1.91. The Morgan fingerprint density at radius 2 is 2.00 bits per heavy atom. The molecule has 114 valence electrons. The van der Waals surface area contributed by atoms with Gasteiger partial charge in [-0.1, -0.05) is 6.42 Å². The molecule has 0 aromatic rings. The summed E-state index contributed by atoms with van der Waals surface area (Å²) in [5.41, 5.74) is 0. The average molecular weight is 280 g/mol. The van der Waals surface area contributed by atoms with Crippen molar-refractivity contribution in [1.29, 1.82) is 0 Å². The molecule has 1 unspecified atom stereocenters. The van der Waals surface area contributed by atoms with Crippen molar-refractivity contribution in [2.24, 2.45) is 10.9 Å². The Morgan fingerprint density at radius 3 is 2.65 bits per heavy atom. The Bertz CT molecular complexity index is 337. The molecule has 1 aliphatic carbocycles. The van der Waals surface area contributed by atoms with Crippen LogP contribution in [0.3, 0.4) is 0 Å². The average Bonchev–Trinajstić information content (AvgIpc) is 2.92. The van der Waals surface area contributed by atoms with Crippen LogP contribution in [0.25, 0.3) is 0 Å². The first-order valence-corrected chi connectivity index (χ1v) is 8.14. The van der Waals surface area contributed by atoms with E-state index in [0.29, 0.717) is 6.04 Å². The van der Waals surface area contributed by atoms with Crippen molar-refractivity contribution >= 4 is 5.96 Å². The van der Waals surface area contributed by atoms with E-state index in [4.69, 9.17) is 4.74 Å². The van der Waals surface area contributed by atoms with Crippen molar-refractivity contribution in [2.75, 3.05) is 53.0 Å². The highest BCUT2D eigenvalue weighted by atomic mass is 16.5. The topological polar surface area (TPSA) is 40.1 Å². The summed E-state index contributed by atoms with van der Waals surface area (Å²) in [6.45, 7) is 7.32. The maximum Gasteiger partial charge on any atom is 0.193 e. The van der Waals surface area contributed by atoms with Crippen LogP contribution in [0.4, 0.5) is 0 Å². The SMILES string of the molecule is CN=C(NCC1CCC1)N1CCC(N2CCOCC2)C1. The highest BCUT2D eigenvalue weighted by Gasteiger charge is 2.30. The summed E-state index contributed by atoms with van der Waals surface area (Å²) in [4.78, 5) is 9.48. The molecule has 0 spiro atoms. The lowest BCUT2D eigenvalue weighted by atomic mass is 9.85. The molecule has 0 aromatic heterocycles. The Morgan fingerprint density at radius 1 is 1.20 bits per heavy atom. The summed E-state index contributed by atoms with van der Waals surface area (Å²) >= 11 is 0. The second-order valence-electron chi connectivity index (χ2n) is 6.26. The van der Waals surface area contributed by atoms with Crippen molar-refractivity contribution < 1.29 is 4.74 Å². The van der Waals surface area contributed by atoms with Crippen molar-refractivity contribution in [2.45, 2.75) is 31.7 Å². The van der Waals surface area contributed by atoms with Crippen LogP contribution < -0.4 is 5.32 Å². The number of morpholine rings is 1. The zero-order chi connectivity index (χ0) is 13.8. The maximum atomic E-state index is 5.45. The van der Waals surface area contributed by atoms with Crippen molar-refractivity contribution in [1.82, 2.24) is 15.1 Å². The fourth-order valence-corrected chi connectivity index (χ4v) is 3.44. The first-order chi connectivity index (χ1) is 9.86. The van der Waals surface area contributed by atoms with Crippen LogP contribution in [0.1, 0.15) is 25.7 Å². The van der Waals surface area contributed by atoms with E-state index in [1.807, 2.05) is 7.05 Å². The number of ether oxygens (including phenoxy) is 1. The molecule has 3 rings (SSSR count). The van der Waals surface area contributed by atoms with Gasteiger partial charge >= 0.3 is 0 Å². The number of hydrogen-bond acceptors (Lipinski definition) is 3. The molecule has 0 amide bonds. The van der Waals surface area contributed by atoms with Gasteiger partial charge in [-0.25, -0.2) is 0 Å².